The van der Waals surface area contributed by atoms with E-state index in [0.717, 1.165) is 19.3 Å². The Kier molecular flexibility index (Phi) is 10.0. The van der Waals surface area contributed by atoms with Gasteiger partial charge >= 0.3 is 0 Å². The second-order valence-electron chi connectivity index (χ2n) is 7.34. The van der Waals surface area contributed by atoms with Crippen LogP contribution < -0.4 is 10.6 Å². The van der Waals surface area contributed by atoms with Gasteiger partial charge in [-0.2, -0.15) is 12.6 Å². The van der Waals surface area contributed by atoms with Gasteiger partial charge in [0.05, 0.1) is 24.7 Å². The van der Waals surface area contributed by atoms with Crippen molar-refractivity contribution >= 4 is 24.3 Å². The van der Waals surface area contributed by atoms with Crippen molar-refractivity contribution in [2.24, 2.45) is 0 Å². The van der Waals surface area contributed by atoms with Gasteiger partial charge in [0.2, 0.25) is 5.91 Å². The first-order chi connectivity index (χ1) is 10.5. The number of ketones is 1. The van der Waals surface area contributed by atoms with Crippen molar-refractivity contribution in [2.75, 3.05) is 20.2 Å². The number of hydrogen-bond donors (Lipinski definition) is 3. The fourth-order valence-electron chi connectivity index (χ4n) is 2.12. The summed E-state index contributed by atoms with van der Waals surface area (Å²) >= 11 is 4.42. The summed E-state index contributed by atoms with van der Waals surface area (Å²) in [6.07, 6.45) is 2.89. The number of unbranched alkanes of at least 4 members (excludes halogenated alkanes) is 1. The average molecular weight is 347 g/mol. The number of likely N-dealkylation sites (N-methyl/N-ethyl adjacent to an activating group) is 1. The molecule has 0 fully saturated rings. The van der Waals surface area contributed by atoms with Gasteiger partial charge in [-0.25, -0.2) is 0 Å². The Morgan fingerprint density at radius 1 is 1.17 bits per heavy atom. The van der Waals surface area contributed by atoms with Gasteiger partial charge in [0.1, 0.15) is 5.78 Å². The summed E-state index contributed by atoms with van der Waals surface area (Å²) in [5.41, 5.74) is -0.504. The molecular weight excluding hydrogens is 312 g/mol. The van der Waals surface area contributed by atoms with Gasteiger partial charge in [-0.15, -0.1) is 0 Å². The Balaban J connectivity index is 3.92. The fourth-order valence-corrected chi connectivity index (χ4v) is 2.19. The number of carbonyl (C=O) groups excluding carboxylic acids is 2. The van der Waals surface area contributed by atoms with Gasteiger partial charge < -0.3 is 15.4 Å². The van der Waals surface area contributed by atoms with E-state index in [-0.39, 0.29) is 22.5 Å². The number of thiol groups is 1. The number of hydrogen-bond acceptors (Lipinski definition) is 5. The van der Waals surface area contributed by atoms with Crippen molar-refractivity contribution in [1.29, 1.82) is 0 Å². The summed E-state index contributed by atoms with van der Waals surface area (Å²) in [5, 5.41) is 5.91. The lowest BCUT2D eigenvalue weighted by Gasteiger charge is -2.29. The first kappa shape index (κ1) is 22.4. The number of rotatable bonds is 12. The molecule has 0 aromatic heterocycles. The van der Waals surface area contributed by atoms with E-state index in [0.29, 0.717) is 19.6 Å². The molecule has 0 radical (unpaired) electrons. The molecule has 23 heavy (non-hydrogen) atoms. The van der Waals surface area contributed by atoms with E-state index in [1.165, 1.54) is 0 Å². The van der Waals surface area contributed by atoms with Crippen molar-refractivity contribution in [3.8, 4) is 0 Å². The quantitative estimate of drug-likeness (QED) is 0.375. The van der Waals surface area contributed by atoms with Gasteiger partial charge in [0.25, 0.3) is 0 Å². The molecule has 136 valence electrons. The molecular formula is C17H34N2O3S. The largest absolute Gasteiger partial charge is 0.374 e. The van der Waals surface area contributed by atoms with Gasteiger partial charge in [-0.3, -0.25) is 9.59 Å². The van der Waals surface area contributed by atoms with Crippen LogP contribution in [0.2, 0.25) is 0 Å². The van der Waals surface area contributed by atoms with Crippen molar-refractivity contribution in [1.82, 2.24) is 10.6 Å². The highest BCUT2D eigenvalue weighted by molar-refractivity contribution is 7.81. The van der Waals surface area contributed by atoms with E-state index in [9.17, 15) is 9.59 Å². The highest BCUT2D eigenvalue weighted by Gasteiger charge is 2.25. The van der Waals surface area contributed by atoms with Crippen LogP contribution in [0.5, 0.6) is 0 Å². The van der Waals surface area contributed by atoms with Crippen molar-refractivity contribution in [2.45, 2.75) is 76.7 Å². The topological polar surface area (TPSA) is 67.4 Å². The summed E-state index contributed by atoms with van der Waals surface area (Å²) < 4.78 is 5.57. The number of nitrogens with one attached hydrogen (secondary N) is 2. The van der Waals surface area contributed by atoms with Crippen LogP contribution in [0.3, 0.4) is 0 Å². The van der Waals surface area contributed by atoms with Gasteiger partial charge in [0, 0.05) is 11.3 Å². The van der Waals surface area contributed by atoms with Crippen LogP contribution in [-0.2, 0) is 14.3 Å². The van der Waals surface area contributed by atoms with Gasteiger partial charge in [-0.05, 0) is 60.9 Å². The highest BCUT2D eigenvalue weighted by atomic mass is 32.1. The minimum absolute atomic E-state index is 0.0105. The van der Waals surface area contributed by atoms with Crippen LogP contribution >= 0.6 is 12.6 Å². The first-order valence-electron chi connectivity index (χ1n) is 8.27. The molecule has 0 bridgehead atoms. The number of Topliss-reactive ketones (excluding diaryl/α,β-unsaturated/α-hetero) is 1. The SMILES string of the molecule is CNC(CCCCNC(=O)CC(C)(C)OCC(C)(C)S)C(C)=O. The standard InChI is InChI=1S/C17H34N2O3S/c1-13(20)14(18-6)9-7-8-10-19-15(21)11-16(2,3)22-12-17(4,5)23/h14,18,23H,7-12H2,1-6H3,(H,19,21). The minimum Gasteiger partial charge on any atom is -0.374 e. The number of carbonyl (C=O) groups is 2. The number of amides is 1. The molecule has 6 heteroatoms. The molecule has 1 unspecified atom stereocenters. The average Bonchev–Trinajstić information content (AvgIpc) is 2.39. The molecule has 0 saturated heterocycles. The zero-order valence-electron chi connectivity index (χ0n) is 15.5. The molecule has 0 aliphatic carbocycles. The molecule has 2 N–H and O–H groups in total. The maximum absolute atomic E-state index is 12.0. The molecule has 0 saturated carbocycles. The first-order valence-corrected chi connectivity index (χ1v) is 8.72. The molecule has 0 aliphatic heterocycles. The van der Waals surface area contributed by atoms with Crippen LogP contribution in [-0.4, -0.2) is 48.3 Å². The lowest BCUT2D eigenvalue weighted by Crippen LogP contribution is -2.37. The summed E-state index contributed by atoms with van der Waals surface area (Å²) in [4.78, 5) is 23.3. The third-order valence-corrected chi connectivity index (χ3v) is 3.61. The summed E-state index contributed by atoms with van der Waals surface area (Å²) in [7, 11) is 1.79. The fraction of sp³-hybridized carbons (Fsp3) is 0.882. The molecule has 0 heterocycles. The molecule has 5 nitrogen and oxygen atoms in total. The van der Waals surface area contributed by atoms with Gasteiger partial charge in [0.15, 0.2) is 0 Å². The zero-order valence-corrected chi connectivity index (χ0v) is 16.4. The number of ether oxygens (including phenoxy) is 1. The Bertz CT molecular complexity index is 379. The molecule has 1 atom stereocenters. The van der Waals surface area contributed by atoms with Gasteiger partial charge in [-0.1, -0.05) is 0 Å². The molecule has 0 spiro atoms. The van der Waals surface area contributed by atoms with Crippen LogP contribution in [0.15, 0.2) is 0 Å². The van der Waals surface area contributed by atoms with E-state index in [4.69, 9.17) is 4.74 Å². The van der Waals surface area contributed by atoms with E-state index in [1.807, 2.05) is 27.7 Å². The normalized spacial score (nSPS) is 13.7. The van der Waals surface area contributed by atoms with E-state index in [1.54, 1.807) is 14.0 Å². The molecule has 0 aromatic carbocycles. The van der Waals surface area contributed by atoms with Crippen LogP contribution in [0, 0.1) is 0 Å². The third kappa shape index (κ3) is 12.5. The predicted octanol–water partition coefficient (Wildman–Crippen LogP) is 2.34. The monoisotopic (exact) mass is 346 g/mol. The Hall–Kier alpha value is -0.590. The maximum atomic E-state index is 12.0. The van der Waals surface area contributed by atoms with E-state index in [2.05, 4.69) is 23.3 Å². The predicted molar refractivity (Wildman–Crippen MR) is 98.1 cm³/mol. The van der Waals surface area contributed by atoms with Crippen molar-refractivity contribution in [3.05, 3.63) is 0 Å². The molecule has 0 aromatic rings. The second kappa shape index (κ2) is 10.3. The highest BCUT2D eigenvalue weighted by Crippen LogP contribution is 2.20. The summed E-state index contributed by atoms with van der Waals surface area (Å²) in [6.45, 7) is 10.5. The Morgan fingerprint density at radius 2 is 1.78 bits per heavy atom. The summed E-state index contributed by atoms with van der Waals surface area (Å²) in [5.74, 6) is 0.145. The maximum Gasteiger partial charge on any atom is 0.222 e. The molecule has 1 amide bonds. The lowest BCUT2D eigenvalue weighted by molar-refractivity contribution is -0.128. The lowest BCUT2D eigenvalue weighted by atomic mass is 10.0. The zero-order chi connectivity index (χ0) is 18.1. The van der Waals surface area contributed by atoms with E-state index < -0.39 is 5.60 Å². The van der Waals surface area contributed by atoms with Crippen molar-refractivity contribution in [3.63, 3.8) is 0 Å². The Morgan fingerprint density at radius 3 is 2.26 bits per heavy atom. The third-order valence-electron chi connectivity index (χ3n) is 3.48. The van der Waals surface area contributed by atoms with E-state index >= 15 is 0 Å². The van der Waals surface area contributed by atoms with Crippen molar-refractivity contribution < 1.29 is 14.3 Å². The van der Waals surface area contributed by atoms with Crippen LogP contribution in [0.25, 0.3) is 0 Å². The van der Waals surface area contributed by atoms with Crippen LogP contribution in [0.1, 0.15) is 60.3 Å². The Labute approximate surface area is 146 Å². The van der Waals surface area contributed by atoms with Crippen LogP contribution in [0.4, 0.5) is 0 Å². The second-order valence-corrected chi connectivity index (χ2v) is 8.55. The summed E-state index contributed by atoms with van der Waals surface area (Å²) in [6, 6.07) is -0.0809. The smallest absolute Gasteiger partial charge is 0.222 e. The minimum atomic E-state index is -0.504. The molecule has 0 aliphatic rings. The molecule has 0 rings (SSSR count).